The summed E-state index contributed by atoms with van der Waals surface area (Å²) in [6.07, 6.45) is 2.19. The lowest BCUT2D eigenvalue weighted by molar-refractivity contribution is 0.134. The fraction of sp³-hybridized carbons (Fsp3) is 0.600. The molecule has 3 nitrogen and oxygen atoms in total. The Morgan fingerprint density at radius 3 is 2.61 bits per heavy atom. The topological polar surface area (TPSA) is 38.5 Å². The minimum Gasteiger partial charge on any atom is -0.380 e. The molecule has 1 aliphatic heterocycles. The van der Waals surface area contributed by atoms with E-state index in [2.05, 4.69) is 43.1 Å². The third-order valence-corrected chi connectivity index (χ3v) is 3.97. The number of hydrogen-bond acceptors (Lipinski definition) is 3. The van der Waals surface area contributed by atoms with Crippen molar-refractivity contribution in [3.63, 3.8) is 0 Å². The van der Waals surface area contributed by atoms with Crippen molar-refractivity contribution < 1.29 is 4.74 Å². The lowest BCUT2D eigenvalue weighted by Crippen LogP contribution is -2.38. The fourth-order valence-electron chi connectivity index (χ4n) is 2.61. The lowest BCUT2D eigenvalue weighted by atomic mass is 10.0. The van der Waals surface area contributed by atoms with Gasteiger partial charge >= 0.3 is 0 Å². The maximum atomic E-state index is 5.96. The van der Waals surface area contributed by atoms with Crippen LogP contribution in [0.2, 0.25) is 0 Å². The summed E-state index contributed by atoms with van der Waals surface area (Å²) in [5, 5.41) is 0. The van der Waals surface area contributed by atoms with Crippen LogP contribution in [0.15, 0.2) is 24.3 Å². The molecule has 1 fully saturated rings. The molecule has 1 heterocycles. The Hall–Kier alpha value is -0.900. The fourth-order valence-corrected chi connectivity index (χ4v) is 2.61. The van der Waals surface area contributed by atoms with E-state index < -0.39 is 0 Å². The molecule has 2 rings (SSSR count). The molecule has 2 unspecified atom stereocenters. The molecular weight excluding hydrogens is 224 g/mol. The number of ether oxygens (including phenoxy) is 1. The van der Waals surface area contributed by atoms with E-state index in [0.717, 1.165) is 26.1 Å². The Bertz CT molecular complexity index is 357. The van der Waals surface area contributed by atoms with Crippen LogP contribution in [0, 0.1) is 0 Å². The number of rotatable bonds is 5. The summed E-state index contributed by atoms with van der Waals surface area (Å²) < 4.78 is 5.46. The molecule has 0 radical (unpaired) electrons. The molecule has 2 N–H and O–H groups in total. The largest absolute Gasteiger partial charge is 0.380 e. The number of aryl methyl sites for hydroxylation is 1. The number of benzene rings is 1. The average molecular weight is 248 g/mol. The van der Waals surface area contributed by atoms with E-state index in [0.29, 0.717) is 18.6 Å². The molecule has 18 heavy (non-hydrogen) atoms. The van der Waals surface area contributed by atoms with Gasteiger partial charge in [-0.15, -0.1) is 0 Å². The molecule has 0 aliphatic carbocycles. The van der Waals surface area contributed by atoms with Crippen LogP contribution in [0.1, 0.15) is 30.5 Å². The smallest absolute Gasteiger partial charge is 0.0622 e. The molecule has 1 aromatic carbocycles. The van der Waals surface area contributed by atoms with E-state index in [-0.39, 0.29) is 0 Å². The molecule has 100 valence electrons. The second-order valence-electron chi connectivity index (χ2n) is 5.03. The van der Waals surface area contributed by atoms with E-state index in [1.165, 1.54) is 11.1 Å². The van der Waals surface area contributed by atoms with Crippen LogP contribution in [0.3, 0.4) is 0 Å². The first-order chi connectivity index (χ1) is 8.76. The van der Waals surface area contributed by atoms with Crippen molar-refractivity contribution in [2.24, 2.45) is 5.73 Å². The minimum absolute atomic E-state index is 0.294. The zero-order chi connectivity index (χ0) is 13.0. The Labute approximate surface area is 110 Å². The quantitative estimate of drug-likeness (QED) is 0.866. The van der Waals surface area contributed by atoms with Gasteiger partial charge in [-0.25, -0.2) is 0 Å². The number of nitrogens with zero attached hydrogens (tertiary/aromatic N) is 1. The molecule has 1 saturated heterocycles. The molecule has 0 amide bonds. The Kier molecular flexibility index (Phi) is 4.75. The molecular formula is C15H24N2O. The van der Waals surface area contributed by atoms with Crippen molar-refractivity contribution >= 4 is 0 Å². The van der Waals surface area contributed by atoms with Gasteiger partial charge in [0.2, 0.25) is 0 Å². The zero-order valence-corrected chi connectivity index (χ0v) is 11.4. The summed E-state index contributed by atoms with van der Waals surface area (Å²) in [6, 6.07) is 9.63. The third kappa shape index (κ3) is 2.91. The van der Waals surface area contributed by atoms with Crippen LogP contribution in [0.5, 0.6) is 0 Å². The molecule has 1 aromatic rings. The van der Waals surface area contributed by atoms with Gasteiger partial charge in [-0.3, -0.25) is 4.90 Å². The van der Waals surface area contributed by atoms with Gasteiger partial charge in [-0.05, 0) is 31.0 Å². The van der Waals surface area contributed by atoms with Crippen LogP contribution in [-0.4, -0.2) is 37.7 Å². The van der Waals surface area contributed by atoms with E-state index in [4.69, 9.17) is 10.5 Å². The summed E-state index contributed by atoms with van der Waals surface area (Å²) in [6.45, 7) is 4.54. The van der Waals surface area contributed by atoms with Crippen LogP contribution < -0.4 is 5.73 Å². The summed E-state index contributed by atoms with van der Waals surface area (Å²) in [5.41, 5.74) is 8.65. The normalized spacial score (nSPS) is 21.4. The van der Waals surface area contributed by atoms with Gasteiger partial charge in [0.25, 0.3) is 0 Å². The highest BCUT2D eigenvalue weighted by atomic mass is 16.5. The third-order valence-electron chi connectivity index (χ3n) is 3.97. The molecule has 3 heteroatoms. The van der Waals surface area contributed by atoms with E-state index in [1.807, 2.05) is 0 Å². The maximum Gasteiger partial charge on any atom is 0.0622 e. The van der Waals surface area contributed by atoms with Crippen molar-refractivity contribution in [3.8, 4) is 0 Å². The molecule has 0 aromatic heterocycles. The minimum atomic E-state index is 0.294. The zero-order valence-electron chi connectivity index (χ0n) is 11.4. The van der Waals surface area contributed by atoms with Gasteiger partial charge in [0.05, 0.1) is 6.61 Å². The van der Waals surface area contributed by atoms with Gasteiger partial charge in [-0.2, -0.15) is 0 Å². The van der Waals surface area contributed by atoms with Gasteiger partial charge in [0.1, 0.15) is 0 Å². The van der Waals surface area contributed by atoms with Gasteiger partial charge < -0.3 is 10.5 Å². The summed E-state index contributed by atoms with van der Waals surface area (Å²) in [7, 11) is 2.16. The first-order valence-corrected chi connectivity index (χ1v) is 6.84. The Balaban J connectivity index is 2.10. The first-order valence-electron chi connectivity index (χ1n) is 6.84. The van der Waals surface area contributed by atoms with Gasteiger partial charge in [0.15, 0.2) is 0 Å². The van der Waals surface area contributed by atoms with Crippen LogP contribution >= 0.6 is 0 Å². The summed E-state index contributed by atoms with van der Waals surface area (Å²) >= 11 is 0. The number of nitrogens with two attached hydrogens (primary N) is 1. The van der Waals surface area contributed by atoms with Crippen molar-refractivity contribution in [2.75, 3.05) is 26.8 Å². The van der Waals surface area contributed by atoms with Crippen molar-refractivity contribution in [1.29, 1.82) is 0 Å². The number of likely N-dealkylation sites (N-methyl/N-ethyl adjacent to an activating group) is 1. The standard InChI is InChI=1S/C15H24N2O/c1-3-12-4-6-13(7-5-12)15(10-16)17(2)14-8-9-18-11-14/h4-7,14-15H,3,8-11,16H2,1-2H3. The second kappa shape index (κ2) is 6.32. The lowest BCUT2D eigenvalue weighted by Gasteiger charge is -2.31. The first kappa shape index (κ1) is 13.5. The summed E-state index contributed by atoms with van der Waals surface area (Å²) in [5.74, 6) is 0. The molecule has 0 bridgehead atoms. The van der Waals surface area contributed by atoms with Crippen LogP contribution in [0.4, 0.5) is 0 Å². The Morgan fingerprint density at radius 1 is 1.39 bits per heavy atom. The highest BCUT2D eigenvalue weighted by Gasteiger charge is 2.26. The maximum absolute atomic E-state index is 5.96. The van der Waals surface area contributed by atoms with Crippen molar-refractivity contribution in [2.45, 2.75) is 31.8 Å². The van der Waals surface area contributed by atoms with Gasteiger partial charge in [0, 0.05) is 25.2 Å². The van der Waals surface area contributed by atoms with Crippen molar-refractivity contribution in [1.82, 2.24) is 4.90 Å². The van der Waals surface area contributed by atoms with E-state index in [9.17, 15) is 0 Å². The van der Waals surface area contributed by atoms with Gasteiger partial charge in [-0.1, -0.05) is 31.2 Å². The predicted molar refractivity (Wildman–Crippen MR) is 74.6 cm³/mol. The molecule has 0 saturated carbocycles. The number of hydrogen-bond donors (Lipinski definition) is 1. The van der Waals surface area contributed by atoms with Crippen molar-refractivity contribution in [3.05, 3.63) is 35.4 Å². The summed E-state index contributed by atoms with van der Waals surface area (Å²) in [4.78, 5) is 2.37. The van der Waals surface area contributed by atoms with Crippen LogP contribution in [0.25, 0.3) is 0 Å². The average Bonchev–Trinajstić information content (AvgIpc) is 2.94. The van der Waals surface area contributed by atoms with Crippen LogP contribution in [-0.2, 0) is 11.2 Å². The highest BCUT2D eigenvalue weighted by molar-refractivity contribution is 5.25. The van der Waals surface area contributed by atoms with E-state index in [1.54, 1.807) is 0 Å². The molecule has 2 atom stereocenters. The molecule has 0 spiro atoms. The van der Waals surface area contributed by atoms with E-state index >= 15 is 0 Å². The molecule has 1 aliphatic rings. The monoisotopic (exact) mass is 248 g/mol. The SMILES string of the molecule is CCc1ccc(C(CN)N(C)C2CCOC2)cc1. The second-order valence-corrected chi connectivity index (χ2v) is 5.03. The Morgan fingerprint density at radius 2 is 2.11 bits per heavy atom. The highest BCUT2D eigenvalue weighted by Crippen LogP contribution is 2.24. The predicted octanol–water partition coefficient (Wildman–Crippen LogP) is 1.97.